The Morgan fingerprint density at radius 1 is 1.00 bits per heavy atom. The van der Waals surface area contributed by atoms with Crippen LogP contribution in [0, 0.1) is 0 Å². The molecule has 2 aliphatic rings. The second-order valence-corrected chi connectivity index (χ2v) is 5.78. The number of rotatable bonds is 5. The summed E-state index contributed by atoms with van der Waals surface area (Å²) in [5.41, 5.74) is 3.84. The largest absolute Gasteiger partial charge is 0.392 e. The van der Waals surface area contributed by atoms with Gasteiger partial charge in [0, 0.05) is 32.7 Å². The Morgan fingerprint density at radius 2 is 1.75 bits per heavy atom. The maximum absolute atomic E-state index is 9.19. The van der Waals surface area contributed by atoms with Crippen LogP contribution in [0.3, 0.4) is 0 Å². The van der Waals surface area contributed by atoms with Crippen LogP contribution in [0.25, 0.3) is 0 Å². The Kier molecular flexibility index (Phi) is 4.68. The molecule has 1 N–H and O–H groups in total. The van der Waals surface area contributed by atoms with Gasteiger partial charge in [0.2, 0.25) is 0 Å². The number of benzene rings is 1. The zero-order valence-corrected chi connectivity index (χ0v) is 12.1. The summed E-state index contributed by atoms with van der Waals surface area (Å²) in [4.78, 5) is 5.00. The van der Waals surface area contributed by atoms with Gasteiger partial charge in [0.25, 0.3) is 0 Å². The van der Waals surface area contributed by atoms with Crippen molar-refractivity contribution in [1.82, 2.24) is 9.80 Å². The molecule has 2 heterocycles. The molecule has 3 rings (SSSR count). The molecule has 0 unspecified atom stereocenters. The molecule has 0 bridgehead atoms. The first kappa shape index (κ1) is 14.0. The average molecular weight is 276 g/mol. The maximum atomic E-state index is 9.19. The normalized spacial score (nSPS) is 20.2. The smallest absolute Gasteiger partial charge is 0.0681 e. The predicted octanol–water partition coefficient (Wildman–Crippen LogP) is 1.22. The summed E-state index contributed by atoms with van der Waals surface area (Å²) in [5.74, 6) is 0. The SMILES string of the molecule is OCc1ccc2c(c1)CN(CCCN1CCOCC1)C2. The first-order valence-corrected chi connectivity index (χ1v) is 7.59. The van der Waals surface area contributed by atoms with E-state index in [1.807, 2.05) is 6.07 Å². The van der Waals surface area contributed by atoms with Crippen molar-refractivity contribution in [1.29, 1.82) is 0 Å². The Bertz CT molecular complexity index is 444. The van der Waals surface area contributed by atoms with Crippen molar-refractivity contribution in [2.24, 2.45) is 0 Å². The van der Waals surface area contributed by atoms with Crippen molar-refractivity contribution in [3.05, 3.63) is 34.9 Å². The highest BCUT2D eigenvalue weighted by Crippen LogP contribution is 2.24. The lowest BCUT2D eigenvalue weighted by Crippen LogP contribution is -2.37. The maximum Gasteiger partial charge on any atom is 0.0681 e. The van der Waals surface area contributed by atoms with Gasteiger partial charge in [0.15, 0.2) is 0 Å². The molecule has 0 saturated carbocycles. The highest BCUT2D eigenvalue weighted by atomic mass is 16.5. The molecule has 0 aliphatic carbocycles. The minimum atomic E-state index is 0.143. The molecule has 2 aliphatic heterocycles. The van der Waals surface area contributed by atoms with Crippen LogP contribution in [-0.4, -0.2) is 54.3 Å². The lowest BCUT2D eigenvalue weighted by Gasteiger charge is -2.27. The summed E-state index contributed by atoms with van der Waals surface area (Å²) in [6.07, 6.45) is 1.22. The predicted molar refractivity (Wildman–Crippen MR) is 78.4 cm³/mol. The van der Waals surface area contributed by atoms with Crippen LogP contribution in [0.15, 0.2) is 18.2 Å². The topological polar surface area (TPSA) is 35.9 Å². The standard InChI is InChI=1S/C16H24N2O2/c19-13-14-2-3-15-11-18(12-16(15)10-14)5-1-4-17-6-8-20-9-7-17/h2-3,10,19H,1,4-9,11-13H2. The van der Waals surface area contributed by atoms with E-state index < -0.39 is 0 Å². The lowest BCUT2D eigenvalue weighted by molar-refractivity contribution is 0.0360. The van der Waals surface area contributed by atoms with E-state index >= 15 is 0 Å². The van der Waals surface area contributed by atoms with Crippen molar-refractivity contribution < 1.29 is 9.84 Å². The van der Waals surface area contributed by atoms with Gasteiger partial charge in [-0.3, -0.25) is 9.80 Å². The fourth-order valence-corrected chi connectivity index (χ4v) is 3.12. The van der Waals surface area contributed by atoms with Gasteiger partial charge >= 0.3 is 0 Å². The molecule has 0 aromatic heterocycles. The van der Waals surface area contributed by atoms with E-state index in [2.05, 4.69) is 21.9 Å². The lowest BCUT2D eigenvalue weighted by atomic mass is 10.1. The van der Waals surface area contributed by atoms with Crippen molar-refractivity contribution in [2.75, 3.05) is 39.4 Å². The van der Waals surface area contributed by atoms with Crippen LogP contribution in [0.1, 0.15) is 23.1 Å². The number of ether oxygens (including phenoxy) is 1. The van der Waals surface area contributed by atoms with E-state index in [0.717, 1.165) is 51.5 Å². The van der Waals surface area contributed by atoms with Crippen LogP contribution in [-0.2, 0) is 24.4 Å². The minimum Gasteiger partial charge on any atom is -0.392 e. The number of hydrogen-bond acceptors (Lipinski definition) is 4. The highest BCUT2D eigenvalue weighted by molar-refractivity contribution is 5.34. The first-order valence-electron chi connectivity index (χ1n) is 7.59. The fraction of sp³-hybridized carbons (Fsp3) is 0.625. The van der Waals surface area contributed by atoms with Crippen LogP contribution < -0.4 is 0 Å². The van der Waals surface area contributed by atoms with Crippen LogP contribution in [0.5, 0.6) is 0 Å². The van der Waals surface area contributed by atoms with Gasteiger partial charge in [-0.1, -0.05) is 18.2 Å². The molecule has 1 fully saturated rings. The van der Waals surface area contributed by atoms with Gasteiger partial charge in [-0.25, -0.2) is 0 Å². The van der Waals surface area contributed by atoms with Gasteiger partial charge in [0.05, 0.1) is 19.8 Å². The summed E-state index contributed by atoms with van der Waals surface area (Å²) >= 11 is 0. The molecule has 4 nitrogen and oxygen atoms in total. The molecule has 0 amide bonds. The molecule has 110 valence electrons. The average Bonchev–Trinajstić information content (AvgIpc) is 2.90. The molecule has 1 saturated heterocycles. The zero-order valence-electron chi connectivity index (χ0n) is 12.1. The molecule has 0 spiro atoms. The van der Waals surface area contributed by atoms with Crippen molar-refractivity contribution >= 4 is 0 Å². The number of nitrogens with zero attached hydrogens (tertiary/aromatic N) is 2. The number of aliphatic hydroxyl groups is 1. The second kappa shape index (κ2) is 6.68. The van der Waals surface area contributed by atoms with E-state index in [0.29, 0.717) is 0 Å². The monoisotopic (exact) mass is 276 g/mol. The molecule has 4 heteroatoms. The Balaban J connectivity index is 1.44. The number of hydrogen-bond donors (Lipinski definition) is 1. The zero-order chi connectivity index (χ0) is 13.8. The van der Waals surface area contributed by atoms with Crippen molar-refractivity contribution in [3.63, 3.8) is 0 Å². The number of morpholine rings is 1. The van der Waals surface area contributed by atoms with Crippen molar-refractivity contribution in [2.45, 2.75) is 26.1 Å². The molecule has 1 aromatic carbocycles. The Morgan fingerprint density at radius 3 is 2.55 bits per heavy atom. The first-order chi connectivity index (χ1) is 9.85. The van der Waals surface area contributed by atoms with Gasteiger partial charge in [-0.15, -0.1) is 0 Å². The van der Waals surface area contributed by atoms with Gasteiger partial charge < -0.3 is 9.84 Å². The van der Waals surface area contributed by atoms with E-state index in [4.69, 9.17) is 4.74 Å². The third-order valence-electron chi connectivity index (χ3n) is 4.29. The Hall–Kier alpha value is -0.940. The van der Waals surface area contributed by atoms with Gasteiger partial charge in [0.1, 0.15) is 0 Å². The highest BCUT2D eigenvalue weighted by Gasteiger charge is 2.19. The quantitative estimate of drug-likeness (QED) is 0.877. The van der Waals surface area contributed by atoms with Crippen LogP contribution in [0.4, 0.5) is 0 Å². The van der Waals surface area contributed by atoms with Crippen LogP contribution in [0.2, 0.25) is 0 Å². The van der Waals surface area contributed by atoms with E-state index in [1.165, 1.54) is 24.1 Å². The van der Waals surface area contributed by atoms with Gasteiger partial charge in [-0.2, -0.15) is 0 Å². The summed E-state index contributed by atoms with van der Waals surface area (Å²) in [5, 5.41) is 9.19. The van der Waals surface area contributed by atoms with Gasteiger partial charge in [-0.05, 0) is 29.7 Å². The molecule has 0 radical (unpaired) electrons. The summed E-state index contributed by atoms with van der Waals surface area (Å²) < 4.78 is 5.37. The van der Waals surface area contributed by atoms with Crippen molar-refractivity contribution in [3.8, 4) is 0 Å². The van der Waals surface area contributed by atoms with E-state index in [1.54, 1.807) is 0 Å². The van der Waals surface area contributed by atoms with Crippen LogP contribution >= 0.6 is 0 Å². The second-order valence-electron chi connectivity index (χ2n) is 5.78. The molecular formula is C16H24N2O2. The minimum absolute atomic E-state index is 0.143. The third-order valence-corrected chi connectivity index (χ3v) is 4.29. The molecular weight excluding hydrogens is 252 g/mol. The molecule has 1 aromatic rings. The fourth-order valence-electron chi connectivity index (χ4n) is 3.12. The summed E-state index contributed by atoms with van der Waals surface area (Å²) in [6, 6.07) is 6.36. The number of aliphatic hydroxyl groups excluding tert-OH is 1. The third kappa shape index (κ3) is 3.38. The van der Waals surface area contributed by atoms with E-state index in [9.17, 15) is 5.11 Å². The molecule has 20 heavy (non-hydrogen) atoms. The summed E-state index contributed by atoms with van der Waals surface area (Å²) in [6.45, 7) is 8.51. The number of fused-ring (bicyclic) bond motifs is 1. The van der Waals surface area contributed by atoms with E-state index in [-0.39, 0.29) is 6.61 Å². The molecule has 0 atom stereocenters. The Labute approximate surface area is 120 Å². The summed E-state index contributed by atoms with van der Waals surface area (Å²) in [7, 11) is 0.